The molecule has 0 aliphatic carbocycles. The number of rotatable bonds is 1. The molecule has 1 heterocycles. The van der Waals surface area contributed by atoms with Gasteiger partial charge in [-0.3, -0.25) is 4.79 Å². The highest BCUT2D eigenvalue weighted by molar-refractivity contribution is 6.32. The lowest BCUT2D eigenvalue weighted by Gasteiger charge is -1.90. The minimum Gasteiger partial charge on any atom is -0.464 e. The Bertz CT molecular complexity index is 613. The number of carbonyl (C=O) groups is 1. The Kier molecular flexibility index (Phi) is 4.15. The number of fused-ring (bicyclic) bond motifs is 1. The minimum atomic E-state index is 0.507. The lowest BCUT2D eigenvalue weighted by Crippen LogP contribution is -1.77. The van der Waals surface area contributed by atoms with Gasteiger partial charge in [-0.05, 0) is 18.2 Å². The van der Waals surface area contributed by atoms with Gasteiger partial charge in [-0.1, -0.05) is 48.0 Å². The molecule has 1 aromatic heterocycles. The van der Waals surface area contributed by atoms with Crippen molar-refractivity contribution in [3.8, 4) is 0 Å². The highest BCUT2D eigenvalue weighted by atomic mass is 35.5. The van der Waals surface area contributed by atoms with E-state index in [-0.39, 0.29) is 0 Å². The van der Waals surface area contributed by atoms with Gasteiger partial charge in [-0.25, -0.2) is 0 Å². The van der Waals surface area contributed by atoms with Gasteiger partial charge >= 0.3 is 0 Å². The fourth-order valence-corrected chi connectivity index (χ4v) is 1.66. The predicted molar refractivity (Wildman–Crippen MR) is 73.1 cm³/mol. The number of carbonyl (C=O) groups excluding carboxylic acids is 1. The standard InChI is InChI=1S/C8H6O.C7H5ClO/c1-2-4-8-7(3-1)5-6-9-8;8-7-4-2-1-3-6(7)5-9/h1-6H;1-5H. The van der Waals surface area contributed by atoms with Gasteiger partial charge in [-0.2, -0.15) is 0 Å². The Balaban J connectivity index is 0.000000134. The Morgan fingerprint density at radius 2 is 1.67 bits per heavy atom. The molecule has 0 fully saturated rings. The van der Waals surface area contributed by atoms with Crippen LogP contribution >= 0.6 is 11.6 Å². The third kappa shape index (κ3) is 2.99. The molecule has 3 rings (SSSR count). The maximum atomic E-state index is 10.1. The van der Waals surface area contributed by atoms with Crippen LogP contribution in [0.5, 0.6) is 0 Å². The van der Waals surface area contributed by atoms with Crippen LogP contribution in [0.1, 0.15) is 10.4 Å². The molecule has 0 saturated carbocycles. The summed E-state index contributed by atoms with van der Waals surface area (Å²) in [6.07, 6.45) is 2.44. The van der Waals surface area contributed by atoms with Gasteiger partial charge in [0.25, 0.3) is 0 Å². The summed E-state index contributed by atoms with van der Waals surface area (Å²) < 4.78 is 5.12. The van der Waals surface area contributed by atoms with Crippen LogP contribution in [-0.2, 0) is 0 Å². The van der Waals surface area contributed by atoms with Crippen molar-refractivity contribution in [2.45, 2.75) is 0 Å². The molecule has 3 heteroatoms. The van der Waals surface area contributed by atoms with Crippen molar-refractivity contribution >= 4 is 28.9 Å². The number of hydrogen-bond donors (Lipinski definition) is 0. The first-order chi connectivity index (χ1) is 8.81. The number of benzene rings is 2. The van der Waals surface area contributed by atoms with Crippen LogP contribution < -0.4 is 0 Å². The highest BCUT2D eigenvalue weighted by Gasteiger charge is 1.92. The second-order valence-electron chi connectivity index (χ2n) is 3.60. The predicted octanol–water partition coefficient (Wildman–Crippen LogP) is 4.59. The molecule has 0 aliphatic heterocycles. The Labute approximate surface area is 110 Å². The van der Waals surface area contributed by atoms with Gasteiger partial charge in [0.2, 0.25) is 0 Å². The van der Waals surface area contributed by atoms with E-state index in [2.05, 4.69) is 0 Å². The van der Waals surface area contributed by atoms with Crippen molar-refractivity contribution in [2.75, 3.05) is 0 Å². The van der Waals surface area contributed by atoms with Gasteiger partial charge in [0.05, 0.1) is 11.3 Å². The fourth-order valence-electron chi connectivity index (χ4n) is 1.48. The van der Waals surface area contributed by atoms with Gasteiger partial charge in [-0.15, -0.1) is 0 Å². The molecular weight excluding hydrogens is 248 g/mol. The molecule has 0 bridgehead atoms. The summed E-state index contributed by atoms with van der Waals surface area (Å²) in [5, 5.41) is 1.67. The van der Waals surface area contributed by atoms with Crippen LogP contribution in [0.15, 0.2) is 65.3 Å². The molecule has 0 radical (unpaired) electrons. The van der Waals surface area contributed by atoms with Crippen molar-refractivity contribution in [3.05, 3.63) is 71.4 Å². The number of furan rings is 1. The van der Waals surface area contributed by atoms with E-state index < -0.39 is 0 Å². The highest BCUT2D eigenvalue weighted by Crippen LogP contribution is 2.13. The number of para-hydroxylation sites is 1. The van der Waals surface area contributed by atoms with Gasteiger partial charge in [0.15, 0.2) is 6.29 Å². The van der Waals surface area contributed by atoms with Gasteiger partial charge < -0.3 is 4.42 Å². The molecule has 2 nitrogen and oxygen atoms in total. The molecule has 0 N–H and O–H groups in total. The van der Waals surface area contributed by atoms with Crippen LogP contribution in [0.25, 0.3) is 11.0 Å². The first-order valence-electron chi connectivity index (χ1n) is 5.43. The number of hydrogen-bond acceptors (Lipinski definition) is 2. The zero-order valence-corrected chi connectivity index (χ0v) is 10.3. The monoisotopic (exact) mass is 258 g/mol. The molecule has 0 aliphatic rings. The zero-order valence-electron chi connectivity index (χ0n) is 9.55. The lowest BCUT2D eigenvalue weighted by molar-refractivity contribution is 0.112. The maximum absolute atomic E-state index is 10.1. The minimum absolute atomic E-state index is 0.507. The number of aldehydes is 1. The van der Waals surface area contributed by atoms with E-state index in [9.17, 15) is 4.79 Å². The van der Waals surface area contributed by atoms with Crippen LogP contribution in [0, 0.1) is 0 Å². The smallest absolute Gasteiger partial charge is 0.151 e. The quantitative estimate of drug-likeness (QED) is 0.598. The summed E-state index contributed by atoms with van der Waals surface area (Å²) in [6.45, 7) is 0. The summed E-state index contributed by atoms with van der Waals surface area (Å²) in [4.78, 5) is 10.1. The van der Waals surface area contributed by atoms with Crippen molar-refractivity contribution in [1.82, 2.24) is 0 Å². The molecule has 18 heavy (non-hydrogen) atoms. The summed E-state index contributed by atoms with van der Waals surface area (Å²) in [5.41, 5.74) is 1.50. The maximum Gasteiger partial charge on any atom is 0.151 e. The van der Waals surface area contributed by atoms with Crippen LogP contribution in [0.2, 0.25) is 5.02 Å². The topological polar surface area (TPSA) is 30.2 Å². The Morgan fingerprint density at radius 1 is 0.944 bits per heavy atom. The number of halogens is 1. The summed E-state index contributed by atoms with van der Waals surface area (Å²) >= 11 is 5.59. The summed E-state index contributed by atoms with van der Waals surface area (Å²) in [7, 11) is 0. The van der Waals surface area contributed by atoms with E-state index in [4.69, 9.17) is 16.0 Å². The third-order valence-corrected chi connectivity index (χ3v) is 2.74. The molecule has 0 unspecified atom stereocenters. The van der Waals surface area contributed by atoms with Crippen molar-refractivity contribution in [1.29, 1.82) is 0 Å². The first-order valence-corrected chi connectivity index (χ1v) is 5.81. The van der Waals surface area contributed by atoms with Crippen molar-refractivity contribution in [2.24, 2.45) is 0 Å². The zero-order chi connectivity index (χ0) is 12.8. The molecule has 0 amide bonds. The van der Waals surface area contributed by atoms with E-state index in [0.717, 1.165) is 17.3 Å². The van der Waals surface area contributed by atoms with E-state index in [1.54, 1.807) is 30.5 Å². The van der Waals surface area contributed by atoms with E-state index in [1.165, 1.54) is 0 Å². The van der Waals surface area contributed by atoms with E-state index >= 15 is 0 Å². The second-order valence-corrected chi connectivity index (χ2v) is 4.00. The second kappa shape index (κ2) is 6.03. The molecule has 0 spiro atoms. The largest absolute Gasteiger partial charge is 0.464 e. The first kappa shape index (κ1) is 12.4. The average molecular weight is 259 g/mol. The van der Waals surface area contributed by atoms with Gasteiger partial charge in [0, 0.05) is 10.9 Å². The molecule has 90 valence electrons. The van der Waals surface area contributed by atoms with E-state index in [1.807, 2.05) is 30.3 Å². The lowest BCUT2D eigenvalue weighted by atomic mass is 10.2. The fraction of sp³-hybridized carbons (Fsp3) is 0. The van der Waals surface area contributed by atoms with Crippen LogP contribution in [0.3, 0.4) is 0 Å². The molecule has 2 aromatic carbocycles. The van der Waals surface area contributed by atoms with Crippen LogP contribution in [-0.4, -0.2) is 6.29 Å². The Morgan fingerprint density at radius 3 is 2.33 bits per heavy atom. The van der Waals surface area contributed by atoms with Crippen molar-refractivity contribution < 1.29 is 9.21 Å². The summed E-state index contributed by atoms with van der Waals surface area (Å²) in [5.74, 6) is 0. The molecular formula is C15H11ClO2. The molecule has 0 atom stereocenters. The van der Waals surface area contributed by atoms with E-state index in [0.29, 0.717) is 10.6 Å². The normalized spacial score (nSPS) is 9.61. The van der Waals surface area contributed by atoms with Gasteiger partial charge in [0.1, 0.15) is 5.58 Å². The van der Waals surface area contributed by atoms with Crippen molar-refractivity contribution in [3.63, 3.8) is 0 Å². The molecule has 0 saturated heterocycles. The molecule has 3 aromatic rings. The van der Waals surface area contributed by atoms with Crippen LogP contribution in [0.4, 0.5) is 0 Å². The average Bonchev–Trinajstić information content (AvgIpc) is 2.88. The SMILES string of the molecule is O=Cc1ccccc1Cl.c1ccc2occc2c1. The Hall–Kier alpha value is -2.06. The third-order valence-electron chi connectivity index (χ3n) is 2.39. The summed E-state index contributed by atoms with van der Waals surface area (Å²) in [6, 6.07) is 16.8.